The predicted octanol–water partition coefficient (Wildman–Crippen LogP) is 0.973. The molecule has 0 saturated carbocycles. The first kappa shape index (κ1) is 14.5. The number of anilines is 1. The van der Waals surface area contributed by atoms with E-state index in [2.05, 4.69) is 9.82 Å². The minimum absolute atomic E-state index is 0.0194. The van der Waals surface area contributed by atoms with E-state index in [9.17, 15) is 12.8 Å². The number of nitrogen functional groups attached to an aromatic ring is 1. The fourth-order valence-electron chi connectivity index (χ4n) is 1.70. The van der Waals surface area contributed by atoms with E-state index in [1.807, 2.05) is 0 Å². The Labute approximate surface area is 116 Å². The summed E-state index contributed by atoms with van der Waals surface area (Å²) in [5.74, 6) is -0.642. The first-order chi connectivity index (χ1) is 9.49. The molecule has 0 aliphatic heterocycles. The molecule has 2 aromatic rings. The van der Waals surface area contributed by atoms with Crippen LogP contribution in [-0.2, 0) is 16.6 Å². The maximum Gasteiger partial charge on any atom is 0.242 e. The lowest BCUT2D eigenvalue weighted by molar-refractivity contribution is 0.552. The summed E-state index contributed by atoms with van der Waals surface area (Å²) in [5.41, 5.74) is 5.58. The van der Waals surface area contributed by atoms with Crippen LogP contribution in [0.15, 0.2) is 41.6 Å². The molecule has 20 heavy (non-hydrogen) atoms. The summed E-state index contributed by atoms with van der Waals surface area (Å²) in [6.45, 7) is 0.812. The number of rotatable bonds is 6. The van der Waals surface area contributed by atoms with Crippen molar-refractivity contribution < 1.29 is 12.8 Å². The number of sulfonamides is 1. The Hall–Kier alpha value is -1.93. The fraction of sp³-hybridized carbons (Fsp3) is 0.250. The van der Waals surface area contributed by atoms with Crippen molar-refractivity contribution in [3.05, 3.63) is 42.5 Å². The van der Waals surface area contributed by atoms with Crippen molar-refractivity contribution in [3.8, 4) is 0 Å². The normalized spacial score (nSPS) is 11.7. The predicted molar refractivity (Wildman–Crippen MR) is 72.8 cm³/mol. The zero-order valence-corrected chi connectivity index (χ0v) is 11.5. The molecule has 0 saturated heterocycles. The van der Waals surface area contributed by atoms with Crippen molar-refractivity contribution >= 4 is 15.7 Å². The third kappa shape index (κ3) is 3.55. The van der Waals surface area contributed by atoms with Crippen LogP contribution in [0, 0.1) is 5.82 Å². The molecule has 0 bridgehead atoms. The van der Waals surface area contributed by atoms with Gasteiger partial charge in [-0.3, -0.25) is 4.68 Å². The zero-order valence-electron chi connectivity index (χ0n) is 10.7. The fourth-order valence-corrected chi connectivity index (χ4v) is 2.91. The smallest absolute Gasteiger partial charge is 0.242 e. The highest BCUT2D eigenvalue weighted by Gasteiger charge is 2.17. The summed E-state index contributed by atoms with van der Waals surface area (Å²) >= 11 is 0. The number of aryl methyl sites for hydroxylation is 1. The third-order valence-electron chi connectivity index (χ3n) is 2.68. The number of aromatic nitrogens is 2. The van der Waals surface area contributed by atoms with E-state index in [-0.39, 0.29) is 17.1 Å². The monoisotopic (exact) mass is 298 g/mol. The number of benzene rings is 1. The van der Waals surface area contributed by atoms with Crippen molar-refractivity contribution in [1.29, 1.82) is 0 Å². The van der Waals surface area contributed by atoms with Gasteiger partial charge in [0.25, 0.3) is 0 Å². The number of nitrogens with two attached hydrogens (primary N) is 1. The summed E-state index contributed by atoms with van der Waals surface area (Å²) in [6.07, 6.45) is 4.01. The first-order valence-electron chi connectivity index (χ1n) is 6.01. The van der Waals surface area contributed by atoms with Gasteiger partial charge in [0.15, 0.2) is 0 Å². The van der Waals surface area contributed by atoms with E-state index in [1.165, 1.54) is 6.07 Å². The molecule has 8 heteroatoms. The minimum atomic E-state index is -3.80. The molecule has 0 radical (unpaired) electrons. The SMILES string of the molecule is Nc1ccc(F)cc1S(=O)(=O)NCCCn1cccn1. The number of nitrogens with one attached hydrogen (secondary N) is 1. The molecule has 0 aliphatic rings. The summed E-state index contributed by atoms with van der Waals surface area (Å²) in [6, 6.07) is 5.04. The van der Waals surface area contributed by atoms with Crippen molar-refractivity contribution in [2.45, 2.75) is 17.9 Å². The van der Waals surface area contributed by atoms with Gasteiger partial charge >= 0.3 is 0 Å². The van der Waals surface area contributed by atoms with Crippen molar-refractivity contribution in [3.63, 3.8) is 0 Å². The standard InChI is InChI=1S/C12H15FN4O2S/c13-10-3-4-11(14)12(9-10)20(18,19)16-6-2-8-17-7-1-5-15-17/h1,3-5,7,9,16H,2,6,8,14H2. The van der Waals surface area contributed by atoms with Gasteiger partial charge in [-0.2, -0.15) is 5.10 Å². The maximum atomic E-state index is 13.1. The van der Waals surface area contributed by atoms with E-state index in [0.717, 1.165) is 12.1 Å². The summed E-state index contributed by atoms with van der Waals surface area (Å²) < 4.78 is 41.2. The lowest BCUT2D eigenvalue weighted by atomic mass is 10.3. The van der Waals surface area contributed by atoms with Crippen LogP contribution in [0.25, 0.3) is 0 Å². The van der Waals surface area contributed by atoms with Crippen LogP contribution in [0.5, 0.6) is 0 Å². The van der Waals surface area contributed by atoms with Gasteiger partial charge in [0.05, 0.1) is 5.69 Å². The second-order valence-electron chi connectivity index (χ2n) is 4.20. The topological polar surface area (TPSA) is 90.0 Å². The maximum absolute atomic E-state index is 13.1. The van der Waals surface area contributed by atoms with Crippen molar-refractivity contribution in [2.75, 3.05) is 12.3 Å². The van der Waals surface area contributed by atoms with Crippen LogP contribution in [0.2, 0.25) is 0 Å². The van der Waals surface area contributed by atoms with Crippen LogP contribution in [0.3, 0.4) is 0 Å². The number of nitrogens with zero attached hydrogens (tertiary/aromatic N) is 2. The van der Waals surface area contributed by atoms with E-state index >= 15 is 0 Å². The van der Waals surface area contributed by atoms with E-state index < -0.39 is 15.8 Å². The molecule has 3 N–H and O–H groups in total. The van der Waals surface area contributed by atoms with Crippen molar-refractivity contribution in [2.24, 2.45) is 0 Å². The zero-order chi connectivity index (χ0) is 14.6. The number of halogens is 1. The first-order valence-corrected chi connectivity index (χ1v) is 7.49. The Morgan fingerprint density at radius 1 is 1.40 bits per heavy atom. The summed E-state index contributed by atoms with van der Waals surface area (Å²) in [5, 5.41) is 4.00. The largest absolute Gasteiger partial charge is 0.398 e. The highest BCUT2D eigenvalue weighted by atomic mass is 32.2. The average molecular weight is 298 g/mol. The molecular weight excluding hydrogens is 283 g/mol. The number of hydrogen-bond acceptors (Lipinski definition) is 4. The van der Waals surface area contributed by atoms with Gasteiger partial charge in [-0.15, -0.1) is 0 Å². The molecule has 2 rings (SSSR count). The van der Waals surface area contributed by atoms with Gasteiger partial charge in [-0.05, 0) is 30.7 Å². The molecule has 0 spiro atoms. The minimum Gasteiger partial charge on any atom is -0.398 e. The molecular formula is C12H15FN4O2S. The molecule has 0 unspecified atom stereocenters. The highest BCUT2D eigenvalue weighted by Crippen LogP contribution is 2.18. The van der Waals surface area contributed by atoms with E-state index in [1.54, 1.807) is 23.1 Å². The van der Waals surface area contributed by atoms with Crippen LogP contribution < -0.4 is 10.5 Å². The molecule has 1 heterocycles. The van der Waals surface area contributed by atoms with Crippen LogP contribution in [0.1, 0.15) is 6.42 Å². The molecule has 0 fully saturated rings. The van der Waals surface area contributed by atoms with E-state index in [4.69, 9.17) is 5.73 Å². The van der Waals surface area contributed by atoms with Crippen molar-refractivity contribution in [1.82, 2.24) is 14.5 Å². The Morgan fingerprint density at radius 3 is 2.90 bits per heavy atom. The lowest BCUT2D eigenvalue weighted by Gasteiger charge is -2.09. The molecule has 108 valence electrons. The van der Waals surface area contributed by atoms with Crippen LogP contribution in [-0.4, -0.2) is 24.7 Å². The molecule has 6 nitrogen and oxygen atoms in total. The van der Waals surface area contributed by atoms with Gasteiger partial charge in [0.1, 0.15) is 10.7 Å². The molecule has 0 aliphatic carbocycles. The van der Waals surface area contributed by atoms with Gasteiger partial charge in [0, 0.05) is 25.5 Å². The number of hydrogen-bond donors (Lipinski definition) is 2. The van der Waals surface area contributed by atoms with Gasteiger partial charge in [-0.25, -0.2) is 17.5 Å². The van der Waals surface area contributed by atoms with Crippen LogP contribution in [0.4, 0.5) is 10.1 Å². The van der Waals surface area contributed by atoms with Gasteiger partial charge < -0.3 is 5.73 Å². The third-order valence-corrected chi connectivity index (χ3v) is 4.20. The Kier molecular flexibility index (Phi) is 4.35. The molecule has 1 aromatic carbocycles. The summed E-state index contributed by atoms with van der Waals surface area (Å²) in [7, 11) is -3.80. The van der Waals surface area contributed by atoms with E-state index in [0.29, 0.717) is 13.0 Å². The average Bonchev–Trinajstić information content (AvgIpc) is 2.90. The molecule has 0 amide bonds. The second-order valence-corrected chi connectivity index (χ2v) is 5.94. The summed E-state index contributed by atoms with van der Waals surface area (Å²) in [4.78, 5) is -0.239. The Bertz CT molecular complexity index is 671. The van der Waals surface area contributed by atoms with Gasteiger partial charge in [0.2, 0.25) is 10.0 Å². The Balaban J connectivity index is 1.95. The Morgan fingerprint density at radius 2 is 2.20 bits per heavy atom. The molecule has 0 atom stereocenters. The lowest BCUT2D eigenvalue weighted by Crippen LogP contribution is -2.26. The molecule has 1 aromatic heterocycles. The quantitative estimate of drug-likeness (QED) is 0.614. The second kappa shape index (κ2) is 6.02. The van der Waals surface area contributed by atoms with Gasteiger partial charge in [-0.1, -0.05) is 0 Å². The van der Waals surface area contributed by atoms with Crippen LogP contribution >= 0.6 is 0 Å². The highest BCUT2D eigenvalue weighted by molar-refractivity contribution is 7.89.